The summed E-state index contributed by atoms with van der Waals surface area (Å²) in [7, 11) is 3.05. The van der Waals surface area contributed by atoms with Gasteiger partial charge in [0, 0.05) is 6.07 Å². The molecule has 0 radical (unpaired) electrons. The van der Waals surface area contributed by atoms with Crippen molar-refractivity contribution in [2.24, 2.45) is 0 Å². The molecule has 0 spiro atoms. The van der Waals surface area contributed by atoms with Crippen molar-refractivity contribution in [1.82, 2.24) is 5.32 Å². The second-order valence-corrected chi connectivity index (χ2v) is 7.32. The summed E-state index contributed by atoms with van der Waals surface area (Å²) in [6.07, 6.45) is 0. The minimum atomic E-state index is -0.714. The average Bonchev–Trinajstić information content (AvgIpc) is 3.01. The number of amides is 2. The fourth-order valence-electron chi connectivity index (χ4n) is 1.92. The first kappa shape index (κ1) is 18.3. The molecule has 0 aliphatic carbocycles. The van der Waals surface area contributed by atoms with Crippen LogP contribution in [0.25, 0.3) is 0 Å². The highest BCUT2D eigenvalue weighted by Gasteiger charge is 2.19. The fourth-order valence-corrected chi connectivity index (χ4v) is 3.21. The number of halogens is 1. The number of rotatable bonds is 6. The predicted molar refractivity (Wildman–Crippen MR) is 97.1 cm³/mol. The molecule has 0 bridgehead atoms. The molecule has 1 unspecified atom stereocenters. The first-order valence-corrected chi connectivity index (χ1v) is 8.64. The van der Waals surface area contributed by atoms with Crippen molar-refractivity contribution >= 4 is 44.8 Å². The summed E-state index contributed by atoms with van der Waals surface area (Å²) in [4.78, 5) is 25.0. The topological polar surface area (TPSA) is 76.7 Å². The van der Waals surface area contributed by atoms with Crippen molar-refractivity contribution in [3.63, 3.8) is 0 Å². The van der Waals surface area contributed by atoms with Gasteiger partial charge in [-0.3, -0.25) is 9.59 Å². The van der Waals surface area contributed by atoms with E-state index in [9.17, 15) is 9.59 Å². The first-order chi connectivity index (χ1) is 11.4. The quantitative estimate of drug-likeness (QED) is 0.762. The van der Waals surface area contributed by atoms with E-state index in [1.165, 1.54) is 25.6 Å². The summed E-state index contributed by atoms with van der Waals surface area (Å²) in [5.74, 6) is 0.438. The summed E-state index contributed by atoms with van der Waals surface area (Å²) in [5.41, 5.74) is 0.474. The summed E-state index contributed by atoms with van der Waals surface area (Å²) in [5, 5.41) is 5.40. The number of carbonyl (C=O) groups is 2. The maximum absolute atomic E-state index is 12.3. The smallest absolute Gasteiger partial charge is 0.262 e. The molecule has 1 aromatic carbocycles. The second-order valence-electron chi connectivity index (χ2n) is 4.85. The molecule has 0 saturated heterocycles. The van der Waals surface area contributed by atoms with E-state index in [1.807, 2.05) is 0 Å². The Morgan fingerprint density at radius 3 is 2.50 bits per heavy atom. The number of methoxy groups -OCH3 is 2. The van der Waals surface area contributed by atoms with Gasteiger partial charge in [-0.25, -0.2) is 0 Å². The van der Waals surface area contributed by atoms with Crippen LogP contribution < -0.4 is 20.1 Å². The third kappa shape index (κ3) is 4.48. The molecule has 1 atom stereocenters. The van der Waals surface area contributed by atoms with Crippen LogP contribution in [-0.2, 0) is 4.79 Å². The lowest BCUT2D eigenvalue weighted by molar-refractivity contribution is -0.117. The van der Waals surface area contributed by atoms with Gasteiger partial charge in [0.15, 0.2) is 0 Å². The minimum absolute atomic E-state index is 0.300. The summed E-state index contributed by atoms with van der Waals surface area (Å²) < 4.78 is 11.2. The van der Waals surface area contributed by atoms with Gasteiger partial charge in [-0.2, -0.15) is 0 Å². The molecule has 2 amide bonds. The minimum Gasteiger partial charge on any atom is -0.497 e. The van der Waals surface area contributed by atoms with Crippen LogP contribution in [0.5, 0.6) is 11.5 Å². The fraction of sp³-hybridized carbons (Fsp3) is 0.250. The molecular weight excluding hydrogens is 396 g/mol. The van der Waals surface area contributed by atoms with Gasteiger partial charge in [-0.15, -0.1) is 11.3 Å². The Labute approximate surface area is 152 Å². The largest absolute Gasteiger partial charge is 0.497 e. The Balaban J connectivity index is 2.05. The van der Waals surface area contributed by atoms with Crippen LogP contribution in [-0.4, -0.2) is 32.1 Å². The molecule has 0 aliphatic heterocycles. The zero-order chi connectivity index (χ0) is 17.7. The molecule has 1 aromatic heterocycles. The molecule has 0 aliphatic rings. The summed E-state index contributed by atoms with van der Waals surface area (Å²) in [6, 6.07) is 7.84. The first-order valence-electron chi connectivity index (χ1n) is 7.03. The van der Waals surface area contributed by atoms with Gasteiger partial charge in [-0.05, 0) is 47.1 Å². The molecule has 8 heteroatoms. The van der Waals surface area contributed by atoms with Gasteiger partial charge in [0.2, 0.25) is 5.91 Å². The van der Waals surface area contributed by atoms with Crippen molar-refractivity contribution in [2.45, 2.75) is 13.0 Å². The number of hydrogen-bond donors (Lipinski definition) is 2. The van der Waals surface area contributed by atoms with E-state index < -0.39 is 6.04 Å². The number of benzene rings is 1. The SMILES string of the molecule is COc1ccc(OC)c(NC(=O)C(C)NC(=O)c2ccc(Br)s2)c1. The standard InChI is InChI=1S/C16H17BrN2O4S/c1-9(18-16(21)13-6-7-14(17)24-13)15(20)19-11-8-10(22-2)4-5-12(11)23-3/h4-9H,1-3H3,(H,18,21)(H,19,20). The van der Waals surface area contributed by atoms with Crippen molar-refractivity contribution in [3.8, 4) is 11.5 Å². The number of carbonyl (C=O) groups excluding carboxylic acids is 2. The number of hydrogen-bond acceptors (Lipinski definition) is 5. The third-order valence-corrected chi connectivity index (χ3v) is 4.82. The zero-order valence-electron chi connectivity index (χ0n) is 13.4. The van der Waals surface area contributed by atoms with Crippen LogP contribution in [0.15, 0.2) is 34.1 Å². The van der Waals surface area contributed by atoms with Gasteiger partial charge in [-0.1, -0.05) is 0 Å². The lowest BCUT2D eigenvalue weighted by Gasteiger charge is -2.16. The molecular formula is C16H17BrN2O4S. The molecule has 2 aromatic rings. The monoisotopic (exact) mass is 412 g/mol. The Kier molecular flexibility index (Phi) is 6.22. The van der Waals surface area contributed by atoms with Crippen molar-refractivity contribution < 1.29 is 19.1 Å². The summed E-state index contributed by atoms with van der Waals surface area (Å²) in [6.45, 7) is 1.61. The van der Waals surface area contributed by atoms with Gasteiger partial charge < -0.3 is 20.1 Å². The van der Waals surface area contributed by atoms with Crippen LogP contribution in [0.2, 0.25) is 0 Å². The average molecular weight is 413 g/mol. The van der Waals surface area contributed by atoms with Gasteiger partial charge in [0.25, 0.3) is 5.91 Å². The van der Waals surface area contributed by atoms with Crippen LogP contribution in [0.4, 0.5) is 5.69 Å². The Hall–Kier alpha value is -2.06. The van der Waals surface area contributed by atoms with Crippen LogP contribution in [0.3, 0.4) is 0 Å². The second kappa shape index (κ2) is 8.16. The van der Waals surface area contributed by atoms with Crippen molar-refractivity contribution in [1.29, 1.82) is 0 Å². The lowest BCUT2D eigenvalue weighted by atomic mass is 10.2. The highest BCUT2D eigenvalue weighted by molar-refractivity contribution is 9.11. The number of ether oxygens (including phenoxy) is 2. The van der Waals surface area contributed by atoms with E-state index in [2.05, 4.69) is 26.6 Å². The van der Waals surface area contributed by atoms with Crippen molar-refractivity contribution in [3.05, 3.63) is 39.0 Å². The normalized spacial score (nSPS) is 11.5. The Morgan fingerprint density at radius 1 is 1.17 bits per heavy atom. The molecule has 1 heterocycles. The Morgan fingerprint density at radius 2 is 1.92 bits per heavy atom. The Bertz CT molecular complexity index is 747. The number of thiophene rings is 1. The lowest BCUT2D eigenvalue weighted by Crippen LogP contribution is -2.41. The highest BCUT2D eigenvalue weighted by atomic mass is 79.9. The molecule has 24 heavy (non-hydrogen) atoms. The van der Waals surface area contributed by atoms with E-state index in [4.69, 9.17) is 9.47 Å². The van der Waals surface area contributed by atoms with E-state index in [0.717, 1.165) is 3.79 Å². The van der Waals surface area contributed by atoms with E-state index in [0.29, 0.717) is 22.1 Å². The molecule has 6 nitrogen and oxygen atoms in total. The molecule has 2 N–H and O–H groups in total. The van der Waals surface area contributed by atoms with Crippen LogP contribution in [0.1, 0.15) is 16.6 Å². The van der Waals surface area contributed by atoms with Gasteiger partial charge in [0.1, 0.15) is 17.5 Å². The molecule has 0 saturated carbocycles. The van der Waals surface area contributed by atoms with Gasteiger partial charge in [0.05, 0.1) is 28.6 Å². The number of anilines is 1. The van der Waals surface area contributed by atoms with Crippen LogP contribution in [0, 0.1) is 0 Å². The summed E-state index contributed by atoms with van der Waals surface area (Å²) >= 11 is 4.60. The maximum atomic E-state index is 12.3. The third-order valence-electron chi connectivity index (χ3n) is 3.20. The highest BCUT2D eigenvalue weighted by Crippen LogP contribution is 2.29. The van der Waals surface area contributed by atoms with E-state index in [-0.39, 0.29) is 11.8 Å². The predicted octanol–water partition coefficient (Wildman–Crippen LogP) is 3.28. The molecule has 0 fully saturated rings. The van der Waals surface area contributed by atoms with Crippen LogP contribution >= 0.6 is 27.3 Å². The molecule has 128 valence electrons. The van der Waals surface area contributed by atoms with E-state index in [1.54, 1.807) is 37.3 Å². The van der Waals surface area contributed by atoms with Crippen molar-refractivity contribution in [2.75, 3.05) is 19.5 Å². The number of nitrogens with one attached hydrogen (secondary N) is 2. The zero-order valence-corrected chi connectivity index (χ0v) is 15.8. The van der Waals surface area contributed by atoms with E-state index >= 15 is 0 Å². The maximum Gasteiger partial charge on any atom is 0.262 e. The molecule has 2 rings (SSSR count). The van der Waals surface area contributed by atoms with Gasteiger partial charge >= 0.3 is 0 Å².